The highest BCUT2D eigenvalue weighted by molar-refractivity contribution is 5.92. The molecule has 21 heavy (non-hydrogen) atoms. The summed E-state index contributed by atoms with van der Waals surface area (Å²) >= 11 is 0. The van der Waals surface area contributed by atoms with Crippen molar-refractivity contribution in [2.75, 3.05) is 25.6 Å². The largest absolute Gasteiger partial charge is 0.465 e. The summed E-state index contributed by atoms with van der Waals surface area (Å²) in [6, 6.07) is 3.73. The third kappa shape index (κ3) is 3.66. The molecule has 0 spiro atoms. The van der Waals surface area contributed by atoms with Gasteiger partial charge in [-0.1, -0.05) is 0 Å². The molecular weight excluding hydrogens is 281 g/mol. The fraction of sp³-hybridized carbons (Fsp3) is 0.385. The highest BCUT2D eigenvalue weighted by Crippen LogP contribution is 2.31. The topological polar surface area (TPSA) is 96.5 Å². The number of nitrogens with zero attached hydrogens (tertiary/aromatic N) is 3. The van der Waals surface area contributed by atoms with Crippen molar-refractivity contribution in [2.24, 2.45) is 5.92 Å². The normalized spacial score (nSPS) is 11.4. The molecule has 1 aromatic carbocycles. The van der Waals surface area contributed by atoms with Gasteiger partial charge in [-0.15, -0.1) is 0 Å². The fourth-order valence-corrected chi connectivity index (χ4v) is 1.82. The van der Waals surface area contributed by atoms with E-state index in [9.17, 15) is 19.3 Å². The molecule has 0 aliphatic rings. The van der Waals surface area contributed by atoms with Crippen molar-refractivity contribution < 1.29 is 18.8 Å². The summed E-state index contributed by atoms with van der Waals surface area (Å²) < 4.78 is 18.2. The number of hydrogen-bond acceptors (Lipinski definition) is 6. The Balaban J connectivity index is 3.36. The van der Waals surface area contributed by atoms with Crippen LogP contribution in [0.2, 0.25) is 0 Å². The Morgan fingerprint density at radius 1 is 1.62 bits per heavy atom. The number of nitriles is 1. The Labute approximate surface area is 120 Å². The SMILES string of the molecule is COC(=O)c1cc(N(C)CC(C)C#N)c([N+](=O)[O-])cc1F. The molecule has 1 unspecified atom stereocenters. The maximum absolute atomic E-state index is 13.7. The minimum absolute atomic E-state index is 0.0453. The number of esters is 1. The van der Waals surface area contributed by atoms with Crippen LogP contribution in [-0.2, 0) is 4.74 Å². The van der Waals surface area contributed by atoms with Crippen LogP contribution in [-0.4, -0.2) is 31.6 Å². The molecule has 112 valence electrons. The molecule has 8 heteroatoms. The van der Waals surface area contributed by atoms with Crippen LogP contribution in [0.4, 0.5) is 15.8 Å². The molecule has 7 nitrogen and oxygen atoms in total. The summed E-state index contributed by atoms with van der Waals surface area (Å²) in [5.74, 6) is -2.34. The van der Waals surface area contributed by atoms with E-state index in [0.29, 0.717) is 6.07 Å². The number of methoxy groups -OCH3 is 1. The van der Waals surface area contributed by atoms with Gasteiger partial charge in [0.05, 0.1) is 35.7 Å². The lowest BCUT2D eigenvalue weighted by atomic mass is 10.1. The van der Waals surface area contributed by atoms with Gasteiger partial charge in [0.1, 0.15) is 11.5 Å². The monoisotopic (exact) mass is 295 g/mol. The van der Waals surface area contributed by atoms with Gasteiger partial charge in [0.25, 0.3) is 5.69 Å². The summed E-state index contributed by atoms with van der Waals surface area (Å²) in [7, 11) is 2.61. The zero-order valence-electron chi connectivity index (χ0n) is 11.8. The van der Waals surface area contributed by atoms with Gasteiger partial charge < -0.3 is 9.64 Å². The van der Waals surface area contributed by atoms with Crippen LogP contribution in [0.3, 0.4) is 0 Å². The van der Waals surface area contributed by atoms with Crippen LogP contribution >= 0.6 is 0 Å². The van der Waals surface area contributed by atoms with Gasteiger partial charge in [0.2, 0.25) is 0 Å². The van der Waals surface area contributed by atoms with Gasteiger partial charge >= 0.3 is 5.97 Å². The first kappa shape index (κ1) is 16.4. The maximum Gasteiger partial charge on any atom is 0.340 e. The Morgan fingerprint density at radius 3 is 2.71 bits per heavy atom. The van der Waals surface area contributed by atoms with E-state index in [4.69, 9.17) is 5.26 Å². The van der Waals surface area contributed by atoms with E-state index in [2.05, 4.69) is 4.74 Å². The summed E-state index contributed by atoms with van der Waals surface area (Å²) in [5.41, 5.74) is -0.828. The molecule has 0 amide bonds. The molecule has 0 heterocycles. The van der Waals surface area contributed by atoms with Crippen molar-refractivity contribution in [3.05, 3.63) is 33.6 Å². The number of ether oxygens (including phenoxy) is 1. The molecule has 0 radical (unpaired) electrons. The van der Waals surface area contributed by atoms with Gasteiger partial charge in [0.15, 0.2) is 0 Å². The highest BCUT2D eigenvalue weighted by atomic mass is 19.1. The molecule has 0 fully saturated rings. The van der Waals surface area contributed by atoms with E-state index in [-0.39, 0.29) is 18.2 Å². The van der Waals surface area contributed by atoms with E-state index in [0.717, 1.165) is 13.2 Å². The lowest BCUT2D eigenvalue weighted by Gasteiger charge is -2.20. The first-order valence-electron chi connectivity index (χ1n) is 5.98. The van der Waals surface area contributed by atoms with E-state index < -0.39 is 28.0 Å². The predicted molar refractivity (Wildman–Crippen MR) is 72.4 cm³/mol. The third-order valence-corrected chi connectivity index (χ3v) is 2.85. The minimum Gasteiger partial charge on any atom is -0.465 e. The number of benzene rings is 1. The molecule has 0 saturated heterocycles. The van der Waals surface area contributed by atoms with E-state index >= 15 is 0 Å². The van der Waals surface area contributed by atoms with Gasteiger partial charge in [0, 0.05) is 13.6 Å². The van der Waals surface area contributed by atoms with Crippen molar-refractivity contribution in [1.82, 2.24) is 0 Å². The smallest absolute Gasteiger partial charge is 0.340 e. The minimum atomic E-state index is -1.03. The van der Waals surface area contributed by atoms with Gasteiger partial charge in [-0.2, -0.15) is 5.26 Å². The summed E-state index contributed by atoms with van der Waals surface area (Å²) in [4.78, 5) is 23.2. The zero-order chi connectivity index (χ0) is 16.2. The number of nitro groups is 1. The molecule has 1 rings (SSSR count). The molecule has 0 bridgehead atoms. The molecule has 0 aliphatic carbocycles. The predicted octanol–water partition coefficient (Wildman–Crippen LogP) is 2.12. The second-order valence-corrected chi connectivity index (χ2v) is 4.48. The quantitative estimate of drug-likeness (QED) is 0.469. The second kappa shape index (κ2) is 6.65. The standard InChI is InChI=1S/C13H14FN3O4/c1-8(6-15)7-16(2)11-4-9(13(18)21-3)10(14)5-12(11)17(19)20/h4-5,8H,7H2,1-3H3. The first-order chi connectivity index (χ1) is 9.81. The van der Waals surface area contributed by atoms with E-state index in [1.807, 2.05) is 6.07 Å². The van der Waals surface area contributed by atoms with Gasteiger partial charge in [-0.3, -0.25) is 10.1 Å². The number of rotatable bonds is 5. The number of carbonyl (C=O) groups excluding carboxylic acids is 1. The second-order valence-electron chi connectivity index (χ2n) is 4.48. The van der Waals surface area contributed by atoms with Crippen molar-refractivity contribution >= 4 is 17.3 Å². The van der Waals surface area contributed by atoms with Crippen LogP contribution in [0.1, 0.15) is 17.3 Å². The maximum atomic E-state index is 13.7. The number of hydrogen-bond donors (Lipinski definition) is 0. The first-order valence-corrected chi connectivity index (χ1v) is 5.98. The Hall–Kier alpha value is -2.69. The van der Waals surface area contributed by atoms with Crippen molar-refractivity contribution in [3.63, 3.8) is 0 Å². The summed E-state index contributed by atoms with van der Waals surface area (Å²) in [5, 5.41) is 19.8. The Morgan fingerprint density at radius 2 is 2.24 bits per heavy atom. The number of halogens is 1. The highest BCUT2D eigenvalue weighted by Gasteiger charge is 2.25. The van der Waals surface area contributed by atoms with Crippen molar-refractivity contribution in [2.45, 2.75) is 6.92 Å². The van der Waals surface area contributed by atoms with E-state index in [1.165, 1.54) is 11.9 Å². The van der Waals surface area contributed by atoms with Crippen molar-refractivity contribution in [1.29, 1.82) is 5.26 Å². The van der Waals surface area contributed by atoms with Crippen LogP contribution in [0.25, 0.3) is 0 Å². The average Bonchev–Trinajstić information content (AvgIpc) is 2.45. The van der Waals surface area contributed by atoms with E-state index in [1.54, 1.807) is 6.92 Å². The number of anilines is 1. The molecule has 1 atom stereocenters. The Bertz CT molecular complexity index is 612. The molecule has 0 N–H and O–H groups in total. The van der Waals surface area contributed by atoms with Gasteiger partial charge in [-0.05, 0) is 13.0 Å². The molecule has 1 aromatic rings. The number of carbonyl (C=O) groups is 1. The van der Waals surface area contributed by atoms with Crippen LogP contribution in [0.15, 0.2) is 12.1 Å². The van der Waals surface area contributed by atoms with Crippen LogP contribution < -0.4 is 4.90 Å². The molecule has 0 aliphatic heterocycles. The van der Waals surface area contributed by atoms with Crippen molar-refractivity contribution in [3.8, 4) is 6.07 Å². The van der Waals surface area contributed by atoms with Gasteiger partial charge in [-0.25, -0.2) is 9.18 Å². The Kier molecular flexibility index (Phi) is 5.18. The average molecular weight is 295 g/mol. The number of nitro benzene ring substituents is 1. The lowest BCUT2D eigenvalue weighted by molar-refractivity contribution is -0.384. The molecular formula is C13H14FN3O4. The van der Waals surface area contributed by atoms with Crippen LogP contribution in [0.5, 0.6) is 0 Å². The van der Waals surface area contributed by atoms with Crippen LogP contribution in [0, 0.1) is 33.2 Å². The molecule has 0 aromatic heterocycles. The fourth-order valence-electron chi connectivity index (χ4n) is 1.82. The lowest BCUT2D eigenvalue weighted by Crippen LogP contribution is -2.24. The zero-order valence-corrected chi connectivity index (χ0v) is 11.8. The summed E-state index contributed by atoms with van der Waals surface area (Å²) in [6.45, 7) is 1.84. The third-order valence-electron chi connectivity index (χ3n) is 2.85. The molecule has 0 saturated carbocycles. The summed E-state index contributed by atoms with van der Waals surface area (Å²) in [6.07, 6.45) is 0.